The van der Waals surface area contributed by atoms with E-state index in [1.807, 2.05) is 0 Å². The zero-order valence-corrected chi connectivity index (χ0v) is 13.2. The summed E-state index contributed by atoms with van der Waals surface area (Å²) in [4.78, 5) is 33.3. The minimum atomic E-state index is -0.612. The third-order valence-corrected chi connectivity index (χ3v) is 3.77. The van der Waals surface area contributed by atoms with Gasteiger partial charge in [-0.1, -0.05) is 0 Å². The van der Waals surface area contributed by atoms with Crippen LogP contribution in [0.1, 0.15) is 12.8 Å². The molecule has 1 aromatic rings. The topological polar surface area (TPSA) is 131 Å². The molecule has 2 heterocycles. The Hall–Kier alpha value is -2.49. The van der Waals surface area contributed by atoms with E-state index >= 15 is 0 Å². The van der Waals surface area contributed by atoms with Gasteiger partial charge in [-0.2, -0.15) is 4.98 Å². The summed E-state index contributed by atoms with van der Waals surface area (Å²) in [6.07, 6.45) is 2.78. The second kappa shape index (κ2) is 7.18. The molecule has 10 nitrogen and oxygen atoms in total. The number of piperidine rings is 1. The number of nitrogens with zero attached hydrogens (tertiary/aromatic N) is 5. The maximum absolute atomic E-state index is 11.7. The van der Waals surface area contributed by atoms with E-state index in [-0.39, 0.29) is 29.4 Å². The number of anilines is 2. The molecule has 3 N–H and O–H groups in total. The van der Waals surface area contributed by atoms with Gasteiger partial charge < -0.3 is 16.0 Å². The zero-order valence-electron chi connectivity index (χ0n) is 13.2. The number of nitrogens with two attached hydrogens (primary N) is 1. The van der Waals surface area contributed by atoms with Crippen LogP contribution in [-0.2, 0) is 4.79 Å². The average Bonchev–Trinajstić information content (AvgIpc) is 2.48. The molecule has 23 heavy (non-hydrogen) atoms. The molecule has 1 fully saturated rings. The molecular formula is C13H21N7O3. The lowest BCUT2D eigenvalue weighted by Crippen LogP contribution is -2.44. The fraction of sp³-hybridized carbons (Fsp3) is 0.615. The van der Waals surface area contributed by atoms with Crippen LogP contribution in [0, 0.1) is 10.1 Å². The third kappa shape index (κ3) is 4.49. The molecule has 0 bridgehead atoms. The lowest BCUT2D eigenvalue weighted by molar-refractivity contribution is -0.384. The molecule has 0 radical (unpaired) electrons. The number of nitro groups is 1. The minimum Gasteiger partial charge on any atom is -0.378 e. The number of rotatable bonds is 5. The molecule has 0 saturated carbocycles. The molecule has 2 rings (SSSR count). The molecule has 0 aliphatic carbocycles. The van der Waals surface area contributed by atoms with E-state index in [1.54, 1.807) is 19.0 Å². The lowest BCUT2D eigenvalue weighted by Gasteiger charge is -2.32. The quantitative estimate of drug-likeness (QED) is 0.569. The molecule has 0 aromatic carbocycles. The first-order valence-electron chi connectivity index (χ1n) is 7.32. The molecule has 1 aliphatic rings. The van der Waals surface area contributed by atoms with Crippen LogP contribution in [0.15, 0.2) is 6.20 Å². The van der Waals surface area contributed by atoms with Crippen LogP contribution in [0.2, 0.25) is 0 Å². The lowest BCUT2D eigenvalue weighted by atomic mass is 10.1. The number of likely N-dealkylation sites (N-methyl/N-ethyl adjacent to an activating group) is 1. The van der Waals surface area contributed by atoms with E-state index < -0.39 is 4.92 Å². The predicted molar refractivity (Wildman–Crippen MR) is 84.9 cm³/mol. The van der Waals surface area contributed by atoms with Crippen LogP contribution in [0.3, 0.4) is 0 Å². The second-order valence-electron chi connectivity index (χ2n) is 5.70. The summed E-state index contributed by atoms with van der Waals surface area (Å²) in [6.45, 7) is 2.00. The van der Waals surface area contributed by atoms with E-state index in [9.17, 15) is 14.9 Å². The number of likely N-dealkylation sites (tertiary alicyclic amines) is 1. The Morgan fingerprint density at radius 2 is 2.17 bits per heavy atom. The summed E-state index contributed by atoms with van der Waals surface area (Å²) in [6, 6.07) is 0.154. The maximum atomic E-state index is 11.7. The van der Waals surface area contributed by atoms with Gasteiger partial charge in [-0.05, 0) is 12.8 Å². The van der Waals surface area contributed by atoms with E-state index in [4.69, 9.17) is 5.73 Å². The smallest absolute Gasteiger partial charge is 0.329 e. The average molecular weight is 323 g/mol. The van der Waals surface area contributed by atoms with E-state index in [2.05, 4.69) is 20.2 Å². The highest BCUT2D eigenvalue weighted by Crippen LogP contribution is 2.20. The van der Waals surface area contributed by atoms with Gasteiger partial charge in [-0.15, -0.1) is 0 Å². The van der Waals surface area contributed by atoms with Crippen molar-refractivity contribution in [2.75, 3.05) is 44.8 Å². The number of aromatic nitrogens is 2. The summed E-state index contributed by atoms with van der Waals surface area (Å²) < 4.78 is 0. The normalized spacial score (nSPS) is 16.1. The van der Waals surface area contributed by atoms with Crippen LogP contribution in [-0.4, -0.2) is 70.4 Å². The van der Waals surface area contributed by atoms with Gasteiger partial charge in [0.15, 0.2) is 0 Å². The van der Waals surface area contributed by atoms with Gasteiger partial charge in [0.2, 0.25) is 17.7 Å². The number of carbonyl (C=O) groups excluding carboxylic acids is 1. The molecule has 1 amide bonds. The number of nitrogens with one attached hydrogen (secondary N) is 1. The highest BCUT2D eigenvalue weighted by Gasteiger charge is 2.22. The number of nitrogen functional groups attached to an aromatic ring is 1. The number of hydrogen-bond donors (Lipinski definition) is 2. The molecule has 10 heteroatoms. The van der Waals surface area contributed by atoms with Crippen LogP contribution >= 0.6 is 0 Å². The SMILES string of the molecule is CN(C)C(=O)CN1CCC(Nc2ncc([N+](=O)[O-])c(N)n2)CC1. The van der Waals surface area contributed by atoms with Gasteiger partial charge >= 0.3 is 5.69 Å². The van der Waals surface area contributed by atoms with Crippen molar-refractivity contribution in [3.63, 3.8) is 0 Å². The minimum absolute atomic E-state index is 0.0860. The largest absolute Gasteiger partial charge is 0.378 e. The Morgan fingerprint density at radius 3 is 2.70 bits per heavy atom. The summed E-state index contributed by atoms with van der Waals surface area (Å²) in [5.41, 5.74) is 5.25. The van der Waals surface area contributed by atoms with Crippen molar-refractivity contribution >= 4 is 23.4 Å². The van der Waals surface area contributed by atoms with Gasteiger partial charge in [-0.3, -0.25) is 19.8 Å². The molecule has 0 unspecified atom stereocenters. The number of amides is 1. The maximum Gasteiger partial charge on any atom is 0.329 e. The number of hydrogen-bond acceptors (Lipinski definition) is 8. The van der Waals surface area contributed by atoms with Crippen molar-refractivity contribution in [3.05, 3.63) is 16.3 Å². The predicted octanol–water partition coefficient (Wildman–Crippen LogP) is -0.0685. The second-order valence-corrected chi connectivity index (χ2v) is 5.70. The fourth-order valence-electron chi connectivity index (χ4n) is 2.35. The van der Waals surface area contributed by atoms with E-state index in [0.717, 1.165) is 32.1 Å². The van der Waals surface area contributed by atoms with E-state index in [1.165, 1.54) is 0 Å². The standard InChI is InChI=1S/C13H21N7O3/c1-18(2)11(21)8-19-5-3-9(4-6-19)16-13-15-7-10(20(22)23)12(14)17-13/h7,9H,3-6,8H2,1-2H3,(H3,14,15,16,17). The first-order chi connectivity index (χ1) is 10.9. The molecule has 0 spiro atoms. The van der Waals surface area contributed by atoms with Crippen molar-refractivity contribution in [1.82, 2.24) is 19.8 Å². The summed E-state index contributed by atoms with van der Waals surface area (Å²) in [5, 5.41) is 13.8. The molecule has 1 saturated heterocycles. The van der Waals surface area contributed by atoms with Crippen molar-refractivity contribution in [1.29, 1.82) is 0 Å². The van der Waals surface area contributed by atoms with Gasteiger partial charge in [0, 0.05) is 33.2 Å². The van der Waals surface area contributed by atoms with Gasteiger partial charge in [0.1, 0.15) is 6.20 Å². The molecule has 1 aromatic heterocycles. The van der Waals surface area contributed by atoms with Crippen molar-refractivity contribution in [3.8, 4) is 0 Å². The monoisotopic (exact) mass is 323 g/mol. The fourth-order valence-corrected chi connectivity index (χ4v) is 2.35. The van der Waals surface area contributed by atoms with Gasteiger partial charge in [-0.25, -0.2) is 4.98 Å². The van der Waals surface area contributed by atoms with Crippen LogP contribution in [0.25, 0.3) is 0 Å². The Labute approximate surface area is 133 Å². The zero-order chi connectivity index (χ0) is 17.0. The Bertz CT molecular complexity index is 585. The summed E-state index contributed by atoms with van der Waals surface area (Å²) in [5.74, 6) is 0.223. The Kier molecular flexibility index (Phi) is 5.27. The van der Waals surface area contributed by atoms with Gasteiger partial charge in [0.25, 0.3) is 0 Å². The molecular weight excluding hydrogens is 302 g/mol. The molecule has 1 aliphatic heterocycles. The van der Waals surface area contributed by atoms with E-state index in [0.29, 0.717) is 6.54 Å². The highest BCUT2D eigenvalue weighted by molar-refractivity contribution is 5.77. The first kappa shape index (κ1) is 16.9. The first-order valence-corrected chi connectivity index (χ1v) is 7.32. The highest BCUT2D eigenvalue weighted by atomic mass is 16.6. The Balaban J connectivity index is 1.86. The van der Waals surface area contributed by atoms with Crippen molar-refractivity contribution < 1.29 is 9.72 Å². The van der Waals surface area contributed by atoms with Crippen molar-refractivity contribution in [2.45, 2.75) is 18.9 Å². The van der Waals surface area contributed by atoms with Crippen molar-refractivity contribution in [2.24, 2.45) is 0 Å². The van der Waals surface area contributed by atoms with Gasteiger partial charge in [0.05, 0.1) is 11.5 Å². The molecule has 126 valence electrons. The number of carbonyl (C=O) groups is 1. The third-order valence-electron chi connectivity index (χ3n) is 3.77. The van der Waals surface area contributed by atoms with Crippen LogP contribution < -0.4 is 11.1 Å². The van der Waals surface area contributed by atoms with Crippen LogP contribution in [0.4, 0.5) is 17.5 Å². The summed E-state index contributed by atoms with van der Waals surface area (Å²) >= 11 is 0. The Morgan fingerprint density at radius 1 is 1.52 bits per heavy atom. The van der Waals surface area contributed by atoms with Crippen LogP contribution in [0.5, 0.6) is 0 Å². The summed E-state index contributed by atoms with van der Waals surface area (Å²) in [7, 11) is 3.49. The molecule has 0 atom stereocenters.